The van der Waals surface area contributed by atoms with Crippen molar-refractivity contribution in [1.82, 2.24) is 0 Å². The first kappa shape index (κ1) is 14.5. The number of amides is 1. The predicted octanol–water partition coefficient (Wildman–Crippen LogP) is 1.72. The average Bonchev–Trinajstić information content (AvgIpc) is 2.87. The lowest BCUT2D eigenvalue weighted by molar-refractivity contribution is -0.105. The number of hydrogen-bond donors (Lipinski definition) is 5. The van der Waals surface area contributed by atoms with Crippen molar-refractivity contribution >= 4 is 12.1 Å². The van der Waals surface area contributed by atoms with Crippen LogP contribution < -0.4 is 10.1 Å². The molecule has 7 heteroatoms. The van der Waals surface area contributed by atoms with Crippen LogP contribution in [0.3, 0.4) is 0 Å². The van der Waals surface area contributed by atoms with Crippen LogP contribution in [-0.2, 0) is 17.6 Å². The van der Waals surface area contributed by atoms with E-state index in [4.69, 9.17) is 4.74 Å². The maximum absolute atomic E-state index is 10.6. The Morgan fingerprint density at radius 3 is 2.46 bits per heavy atom. The number of phenolic OH excluding ortho intramolecular Hbond substituents is 4. The van der Waals surface area contributed by atoms with E-state index in [1.165, 1.54) is 18.2 Å². The maximum Gasteiger partial charge on any atom is 0.211 e. The van der Waals surface area contributed by atoms with E-state index in [1.54, 1.807) is 0 Å². The third-order valence-corrected chi connectivity index (χ3v) is 4.73. The zero-order chi connectivity index (χ0) is 17.0. The van der Waals surface area contributed by atoms with Gasteiger partial charge < -0.3 is 30.5 Å². The van der Waals surface area contributed by atoms with E-state index in [0.717, 1.165) is 11.1 Å². The highest BCUT2D eigenvalue weighted by atomic mass is 16.5. The highest BCUT2D eigenvalue weighted by Gasteiger charge is 2.40. The molecule has 4 rings (SSSR count). The summed E-state index contributed by atoms with van der Waals surface area (Å²) in [5.41, 5.74) is 2.29. The van der Waals surface area contributed by atoms with Crippen LogP contribution in [0.5, 0.6) is 28.7 Å². The summed E-state index contributed by atoms with van der Waals surface area (Å²) < 4.78 is 5.91. The Labute approximate surface area is 136 Å². The molecule has 0 spiro atoms. The van der Waals surface area contributed by atoms with Gasteiger partial charge in [0.1, 0.15) is 17.5 Å². The predicted molar refractivity (Wildman–Crippen MR) is 83.8 cm³/mol. The van der Waals surface area contributed by atoms with E-state index in [-0.39, 0.29) is 46.5 Å². The van der Waals surface area contributed by atoms with Crippen molar-refractivity contribution in [3.8, 4) is 28.7 Å². The number of rotatable bonds is 2. The largest absolute Gasteiger partial charge is 0.506 e. The van der Waals surface area contributed by atoms with Crippen molar-refractivity contribution in [2.75, 3.05) is 5.32 Å². The molecule has 1 amide bonds. The quantitative estimate of drug-likeness (QED) is 0.423. The average molecular weight is 329 g/mol. The SMILES string of the molecule is O=CNc1c(O)cc2c(c1O)OC1Cc3cc(O)c(O)cc3C1C2. The maximum atomic E-state index is 10.6. The number of anilines is 1. The van der Waals surface area contributed by atoms with Crippen molar-refractivity contribution in [2.24, 2.45) is 0 Å². The van der Waals surface area contributed by atoms with Crippen LogP contribution in [0, 0.1) is 0 Å². The summed E-state index contributed by atoms with van der Waals surface area (Å²) in [5.74, 6) is -0.731. The van der Waals surface area contributed by atoms with Crippen LogP contribution in [0.15, 0.2) is 18.2 Å². The van der Waals surface area contributed by atoms with E-state index in [9.17, 15) is 25.2 Å². The van der Waals surface area contributed by atoms with Gasteiger partial charge in [0.15, 0.2) is 23.0 Å². The van der Waals surface area contributed by atoms with Gasteiger partial charge in [0.2, 0.25) is 6.41 Å². The summed E-state index contributed by atoms with van der Waals surface area (Å²) in [6, 6.07) is 4.51. The van der Waals surface area contributed by atoms with Gasteiger partial charge in [-0.2, -0.15) is 0 Å². The summed E-state index contributed by atoms with van der Waals surface area (Å²) in [5, 5.41) is 41.9. The Hall–Kier alpha value is -3.09. The second kappa shape index (κ2) is 4.95. The molecule has 2 aromatic rings. The lowest BCUT2D eigenvalue weighted by Gasteiger charge is -2.30. The summed E-state index contributed by atoms with van der Waals surface area (Å²) in [6.07, 6.45) is 1.14. The molecular weight excluding hydrogens is 314 g/mol. The lowest BCUT2D eigenvalue weighted by Crippen LogP contribution is -2.28. The molecule has 0 radical (unpaired) electrons. The van der Waals surface area contributed by atoms with Crippen LogP contribution >= 0.6 is 0 Å². The van der Waals surface area contributed by atoms with Crippen LogP contribution in [0.2, 0.25) is 0 Å². The zero-order valence-electron chi connectivity index (χ0n) is 12.5. The smallest absolute Gasteiger partial charge is 0.211 e. The number of phenols is 4. The van der Waals surface area contributed by atoms with E-state index < -0.39 is 0 Å². The Balaban J connectivity index is 1.77. The molecule has 0 bridgehead atoms. The molecule has 5 N–H and O–H groups in total. The Morgan fingerprint density at radius 1 is 1.00 bits per heavy atom. The fraction of sp³-hybridized carbons (Fsp3) is 0.235. The lowest BCUT2D eigenvalue weighted by atomic mass is 9.88. The Kier molecular flexibility index (Phi) is 2.99. The molecule has 2 atom stereocenters. The van der Waals surface area contributed by atoms with E-state index >= 15 is 0 Å². The minimum absolute atomic E-state index is 0.0531. The van der Waals surface area contributed by atoms with Crippen molar-refractivity contribution in [3.63, 3.8) is 0 Å². The molecule has 0 saturated carbocycles. The van der Waals surface area contributed by atoms with E-state index in [2.05, 4.69) is 5.32 Å². The third kappa shape index (κ3) is 1.94. The Morgan fingerprint density at radius 2 is 1.71 bits per heavy atom. The molecule has 1 aliphatic carbocycles. The van der Waals surface area contributed by atoms with Gasteiger partial charge in [0, 0.05) is 17.9 Å². The van der Waals surface area contributed by atoms with Gasteiger partial charge in [0.25, 0.3) is 0 Å². The molecular formula is C17H15NO6. The van der Waals surface area contributed by atoms with Crippen LogP contribution in [-0.4, -0.2) is 32.9 Å². The van der Waals surface area contributed by atoms with Crippen LogP contribution in [0.25, 0.3) is 0 Å². The number of fused-ring (bicyclic) bond motifs is 4. The summed E-state index contributed by atoms with van der Waals surface area (Å²) >= 11 is 0. The number of ether oxygens (including phenoxy) is 1. The van der Waals surface area contributed by atoms with Crippen molar-refractivity contribution in [2.45, 2.75) is 24.9 Å². The van der Waals surface area contributed by atoms with Gasteiger partial charge in [-0.25, -0.2) is 0 Å². The van der Waals surface area contributed by atoms with Crippen LogP contribution in [0.4, 0.5) is 5.69 Å². The molecule has 2 unspecified atom stereocenters. The van der Waals surface area contributed by atoms with Gasteiger partial charge >= 0.3 is 0 Å². The molecule has 124 valence electrons. The first-order valence-corrected chi connectivity index (χ1v) is 7.49. The van der Waals surface area contributed by atoms with Gasteiger partial charge in [-0.1, -0.05) is 0 Å². The number of hydrogen-bond acceptors (Lipinski definition) is 6. The minimum Gasteiger partial charge on any atom is -0.506 e. The molecule has 7 nitrogen and oxygen atoms in total. The number of carbonyl (C=O) groups is 1. The van der Waals surface area contributed by atoms with Crippen LogP contribution in [0.1, 0.15) is 22.6 Å². The van der Waals surface area contributed by atoms with Crippen molar-refractivity contribution in [1.29, 1.82) is 0 Å². The fourth-order valence-corrected chi connectivity index (χ4v) is 3.64. The van der Waals surface area contributed by atoms with Crippen molar-refractivity contribution < 1.29 is 30.0 Å². The molecule has 1 aliphatic heterocycles. The van der Waals surface area contributed by atoms with Gasteiger partial charge in [0.05, 0.1) is 0 Å². The number of aromatic hydroxyl groups is 4. The topological polar surface area (TPSA) is 119 Å². The zero-order valence-corrected chi connectivity index (χ0v) is 12.5. The fourth-order valence-electron chi connectivity index (χ4n) is 3.64. The summed E-state index contributed by atoms with van der Waals surface area (Å²) in [7, 11) is 0. The molecule has 1 heterocycles. The molecule has 0 saturated heterocycles. The number of benzene rings is 2. The Bertz CT molecular complexity index is 863. The highest BCUT2D eigenvalue weighted by Crippen LogP contribution is 2.52. The molecule has 0 aromatic heterocycles. The van der Waals surface area contributed by atoms with Gasteiger partial charge in [-0.3, -0.25) is 4.79 Å². The molecule has 0 fully saturated rings. The molecule has 2 aliphatic rings. The molecule has 2 aromatic carbocycles. The number of nitrogens with one attached hydrogen (secondary N) is 1. The van der Waals surface area contributed by atoms with Crippen molar-refractivity contribution in [3.05, 3.63) is 34.9 Å². The summed E-state index contributed by atoms with van der Waals surface area (Å²) in [4.78, 5) is 10.6. The number of carbonyl (C=O) groups excluding carboxylic acids is 1. The van der Waals surface area contributed by atoms with Gasteiger partial charge in [-0.05, 0) is 35.7 Å². The standard InChI is InChI=1S/C17H15NO6/c19-6-18-15-13(22)3-8-1-10-9-5-12(21)11(20)2-7(9)4-14(10)24-17(8)16(15)23/h2-3,5-6,10,14,20-23H,1,4H2,(H,18,19). The van der Waals surface area contributed by atoms with E-state index in [1.807, 2.05) is 0 Å². The highest BCUT2D eigenvalue weighted by molar-refractivity contribution is 5.83. The summed E-state index contributed by atoms with van der Waals surface area (Å²) in [6.45, 7) is 0. The monoisotopic (exact) mass is 329 g/mol. The first-order valence-electron chi connectivity index (χ1n) is 7.49. The second-order valence-electron chi connectivity index (χ2n) is 6.08. The minimum atomic E-state index is -0.308. The van der Waals surface area contributed by atoms with E-state index in [0.29, 0.717) is 24.8 Å². The second-order valence-corrected chi connectivity index (χ2v) is 6.08. The van der Waals surface area contributed by atoms with Gasteiger partial charge in [-0.15, -0.1) is 0 Å². The normalized spacial score (nSPS) is 20.5. The first-order chi connectivity index (χ1) is 11.5. The third-order valence-electron chi connectivity index (χ3n) is 4.73. The molecule has 24 heavy (non-hydrogen) atoms.